The van der Waals surface area contributed by atoms with Crippen molar-refractivity contribution >= 4 is 34.5 Å². The third-order valence-corrected chi connectivity index (χ3v) is 4.99. The second kappa shape index (κ2) is 6.99. The highest BCUT2D eigenvalue weighted by molar-refractivity contribution is 7.99. The van der Waals surface area contributed by atoms with E-state index in [0.717, 1.165) is 28.5 Å². The van der Waals surface area contributed by atoms with Gasteiger partial charge in [0.2, 0.25) is 5.91 Å². The largest absolute Gasteiger partial charge is 0.332 e. The third kappa shape index (κ3) is 3.37. The molecule has 27 heavy (non-hydrogen) atoms. The fourth-order valence-corrected chi connectivity index (χ4v) is 3.36. The number of hydrogen-bond donors (Lipinski definition) is 1. The van der Waals surface area contributed by atoms with E-state index in [1.165, 1.54) is 24.7 Å². The summed E-state index contributed by atoms with van der Waals surface area (Å²) in [5, 5.41) is 2.81. The van der Waals surface area contributed by atoms with Gasteiger partial charge in [-0.3, -0.25) is 18.7 Å². The number of rotatable bonds is 4. The number of aromatic nitrogens is 4. The summed E-state index contributed by atoms with van der Waals surface area (Å²) in [6, 6.07) is 3.04. The van der Waals surface area contributed by atoms with Gasteiger partial charge < -0.3 is 9.88 Å². The average molecular weight is 395 g/mol. The van der Waals surface area contributed by atoms with Gasteiger partial charge in [0.25, 0.3) is 5.56 Å². The maximum Gasteiger partial charge on any atom is 0.332 e. The lowest BCUT2D eigenvalue weighted by Crippen LogP contribution is -2.37. The van der Waals surface area contributed by atoms with Gasteiger partial charge in [0, 0.05) is 32.9 Å². The number of nitrogens with one attached hydrogen (secondary N) is 1. The maximum absolute atomic E-state index is 13.2. The quantitative estimate of drug-likeness (QED) is 0.665. The molecule has 0 saturated heterocycles. The number of halogens is 2. The molecule has 0 bridgehead atoms. The van der Waals surface area contributed by atoms with Crippen LogP contribution in [0.25, 0.3) is 11.2 Å². The number of anilines is 1. The summed E-state index contributed by atoms with van der Waals surface area (Å²) in [5.74, 6) is -2.61. The van der Waals surface area contributed by atoms with Crippen LogP contribution in [0.15, 0.2) is 32.9 Å². The van der Waals surface area contributed by atoms with Gasteiger partial charge in [0.05, 0.1) is 5.75 Å². The number of carbonyl (C=O) groups is 1. The number of aryl methyl sites for hydroxylation is 2. The van der Waals surface area contributed by atoms with Gasteiger partial charge in [-0.1, -0.05) is 11.8 Å². The minimum absolute atomic E-state index is 0.0789. The fraction of sp³-hybridized carbons (Fsp3) is 0.250. The van der Waals surface area contributed by atoms with Crippen molar-refractivity contribution in [3.05, 3.63) is 50.7 Å². The standard InChI is InChI=1S/C16H15F2N5O3S/c1-21-13-12(14(25)23(3)16(26)22(13)2)20-15(21)27-7-11(24)19-8-4-5-9(17)10(18)6-8/h4-6H,7H2,1-3H3,(H,19,24). The highest BCUT2D eigenvalue weighted by Crippen LogP contribution is 2.21. The Kier molecular flexibility index (Phi) is 4.87. The smallest absolute Gasteiger partial charge is 0.325 e. The van der Waals surface area contributed by atoms with Crippen LogP contribution in [-0.4, -0.2) is 30.3 Å². The van der Waals surface area contributed by atoms with Crippen molar-refractivity contribution in [2.75, 3.05) is 11.1 Å². The van der Waals surface area contributed by atoms with E-state index in [2.05, 4.69) is 10.3 Å². The first kappa shape index (κ1) is 18.8. The zero-order chi connectivity index (χ0) is 19.9. The lowest BCUT2D eigenvalue weighted by molar-refractivity contribution is -0.113. The summed E-state index contributed by atoms with van der Waals surface area (Å²) < 4.78 is 29.9. The first-order chi connectivity index (χ1) is 12.7. The van der Waals surface area contributed by atoms with E-state index >= 15 is 0 Å². The SMILES string of the molecule is Cn1c(=O)c2nc(SCC(=O)Nc3ccc(F)c(F)c3)n(C)c2n(C)c1=O. The van der Waals surface area contributed by atoms with Crippen LogP contribution in [0, 0.1) is 11.6 Å². The topological polar surface area (TPSA) is 90.9 Å². The fourth-order valence-electron chi connectivity index (χ4n) is 2.59. The molecule has 1 aromatic carbocycles. The van der Waals surface area contributed by atoms with Gasteiger partial charge in [-0.15, -0.1) is 0 Å². The van der Waals surface area contributed by atoms with Crippen molar-refractivity contribution in [2.24, 2.45) is 21.1 Å². The summed E-state index contributed by atoms with van der Waals surface area (Å²) in [5.41, 5.74) is -0.428. The van der Waals surface area contributed by atoms with Crippen LogP contribution in [-0.2, 0) is 25.9 Å². The van der Waals surface area contributed by atoms with Crippen molar-refractivity contribution in [3.8, 4) is 0 Å². The van der Waals surface area contributed by atoms with Crippen molar-refractivity contribution < 1.29 is 13.6 Å². The molecule has 142 valence electrons. The Balaban J connectivity index is 1.82. The van der Waals surface area contributed by atoms with Crippen LogP contribution in [0.2, 0.25) is 0 Å². The van der Waals surface area contributed by atoms with Crippen LogP contribution in [0.4, 0.5) is 14.5 Å². The molecular weight excluding hydrogens is 380 g/mol. The number of nitrogens with zero attached hydrogens (tertiary/aromatic N) is 4. The highest BCUT2D eigenvalue weighted by Gasteiger charge is 2.18. The third-order valence-electron chi connectivity index (χ3n) is 3.96. The molecular formula is C16H15F2N5O3S. The summed E-state index contributed by atoms with van der Waals surface area (Å²) >= 11 is 1.05. The minimum atomic E-state index is -1.06. The maximum atomic E-state index is 13.2. The number of hydrogen-bond acceptors (Lipinski definition) is 5. The van der Waals surface area contributed by atoms with Gasteiger partial charge in [0.15, 0.2) is 28.0 Å². The normalized spacial score (nSPS) is 11.1. The molecule has 8 nitrogen and oxygen atoms in total. The van der Waals surface area contributed by atoms with E-state index in [0.29, 0.717) is 10.8 Å². The van der Waals surface area contributed by atoms with Gasteiger partial charge in [-0.05, 0) is 12.1 Å². The van der Waals surface area contributed by atoms with Gasteiger partial charge in [0.1, 0.15) is 0 Å². The molecule has 0 fully saturated rings. The molecule has 0 aliphatic carbocycles. The van der Waals surface area contributed by atoms with Crippen molar-refractivity contribution in [1.29, 1.82) is 0 Å². The van der Waals surface area contributed by atoms with Crippen molar-refractivity contribution in [3.63, 3.8) is 0 Å². The summed E-state index contributed by atoms with van der Waals surface area (Å²) in [4.78, 5) is 40.5. The summed E-state index contributed by atoms with van der Waals surface area (Å²) in [7, 11) is 4.51. The summed E-state index contributed by atoms with van der Waals surface area (Å²) in [6.45, 7) is 0. The number of benzene rings is 1. The average Bonchev–Trinajstić information content (AvgIpc) is 2.96. The van der Waals surface area contributed by atoms with E-state index in [9.17, 15) is 23.2 Å². The van der Waals surface area contributed by atoms with E-state index in [4.69, 9.17) is 0 Å². The number of imidazole rings is 1. The Hall–Kier alpha value is -2.95. The first-order valence-electron chi connectivity index (χ1n) is 7.71. The Morgan fingerprint density at radius 3 is 2.48 bits per heavy atom. The van der Waals surface area contributed by atoms with E-state index in [1.807, 2.05) is 0 Å². The van der Waals surface area contributed by atoms with Gasteiger partial charge in [-0.2, -0.15) is 0 Å². The number of fused-ring (bicyclic) bond motifs is 1. The highest BCUT2D eigenvalue weighted by atomic mass is 32.2. The number of thioether (sulfide) groups is 1. The van der Waals surface area contributed by atoms with Crippen LogP contribution in [0.1, 0.15) is 0 Å². The zero-order valence-corrected chi connectivity index (χ0v) is 15.4. The molecule has 0 atom stereocenters. The Bertz CT molecular complexity index is 1180. The molecule has 0 unspecified atom stereocenters. The van der Waals surface area contributed by atoms with E-state index < -0.39 is 28.8 Å². The molecule has 0 radical (unpaired) electrons. The zero-order valence-electron chi connectivity index (χ0n) is 14.6. The van der Waals surface area contributed by atoms with E-state index in [-0.39, 0.29) is 17.0 Å². The Labute approximate surface area is 155 Å². The molecule has 3 aromatic rings. The molecule has 11 heteroatoms. The second-order valence-corrected chi connectivity index (χ2v) is 6.74. The molecule has 0 saturated carbocycles. The minimum Gasteiger partial charge on any atom is -0.325 e. The molecule has 3 rings (SSSR count). The molecule has 0 aliphatic rings. The molecule has 2 heterocycles. The monoisotopic (exact) mass is 395 g/mol. The Morgan fingerprint density at radius 1 is 1.11 bits per heavy atom. The number of carbonyl (C=O) groups excluding carboxylic acids is 1. The molecule has 1 N–H and O–H groups in total. The second-order valence-electron chi connectivity index (χ2n) is 5.80. The van der Waals surface area contributed by atoms with Gasteiger partial charge in [-0.25, -0.2) is 18.6 Å². The number of amides is 1. The first-order valence-corrected chi connectivity index (χ1v) is 8.69. The predicted molar refractivity (Wildman–Crippen MR) is 96.9 cm³/mol. The van der Waals surface area contributed by atoms with Crippen LogP contribution in [0.3, 0.4) is 0 Å². The van der Waals surface area contributed by atoms with Crippen molar-refractivity contribution in [1.82, 2.24) is 18.7 Å². The molecule has 2 aromatic heterocycles. The molecule has 0 spiro atoms. The predicted octanol–water partition coefficient (Wildman–Crippen LogP) is 0.980. The Morgan fingerprint density at radius 2 is 1.81 bits per heavy atom. The summed E-state index contributed by atoms with van der Waals surface area (Å²) in [6.07, 6.45) is 0. The van der Waals surface area contributed by atoms with Crippen LogP contribution >= 0.6 is 11.8 Å². The van der Waals surface area contributed by atoms with Crippen molar-refractivity contribution in [2.45, 2.75) is 5.16 Å². The molecule has 1 amide bonds. The van der Waals surface area contributed by atoms with Crippen LogP contribution < -0.4 is 16.6 Å². The lowest BCUT2D eigenvalue weighted by atomic mass is 10.3. The van der Waals surface area contributed by atoms with Crippen LogP contribution in [0.5, 0.6) is 0 Å². The molecule has 0 aliphatic heterocycles. The lowest BCUT2D eigenvalue weighted by Gasteiger charge is -2.07. The van der Waals surface area contributed by atoms with E-state index in [1.54, 1.807) is 11.6 Å². The van der Waals surface area contributed by atoms with Gasteiger partial charge >= 0.3 is 5.69 Å².